The number of aryl methyl sites for hydroxylation is 1. The number of ketones is 1. The van der Waals surface area contributed by atoms with Gasteiger partial charge in [0.15, 0.2) is 5.78 Å². The Hall–Kier alpha value is -2.17. The molecule has 0 fully saturated rings. The van der Waals surface area contributed by atoms with Gasteiger partial charge in [-0.2, -0.15) is 0 Å². The van der Waals surface area contributed by atoms with Gasteiger partial charge in [0.05, 0.1) is 17.1 Å². The maximum Gasteiger partial charge on any atom is 0.216 e. The number of rotatable bonds is 8. The van der Waals surface area contributed by atoms with E-state index in [9.17, 15) is 9.59 Å². The Morgan fingerprint density at radius 1 is 1.17 bits per heavy atom. The molecule has 0 aliphatic carbocycles. The predicted molar refractivity (Wildman–Crippen MR) is 91.4 cm³/mol. The van der Waals surface area contributed by atoms with Crippen molar-refractivity contribution in [3.63, 3.8) is 0 Å². The molecule has 0 saturated carbocycles. The minimum Gasteiger partial charge on any atom is -0.356 e. The van der Waals surface area contributed by atoms with Gasteiger partial charge in [0.1, 0.15) is 5.82 Å². The molecule has 1 N–H and O–H groups in total. The number of aromatic nitrogens is 2. The Bertz CT molecular complexity index is 691. The standard InChI is InChI=1S/C18H25N3O2/c1-13(14(2)22)21-17-10-7-6-9-16(17)20-18(21)11-5-4-8-12-19-15(3)23/h6-7,9-10,13H,4-5,8,11-12H2,1-3H3,(H,19,23). The molecule has 2 aromatic rings. The molecular weight excluding hydrogens is 290 g/mol. The third-order valence-corrected chi connectivity index (χ3v) is 4.10. The maximum atomic E-state index is 11.8. The Balaban J connectivity index is 2.06. The summed E-state index contributed by atoms with van der Waals surface area (Å²) in [6.45, 7) is 5.80. The highest BCUT2D eigenvalue weighted by Gasteiger charge is 2.18. The highest BCUT2D eigenvalue weighted by Crippen LogP contribution is 2.23. The fourth-order valence-corrected chi connectivity index (χ4v) is 2.73. The van der Waals surface area contributed by atoms with Crippen LogP contribution in [-0.2, 0) is 16.0 Å². The van der Waals surface area contributed by atoms with Gasteiger partial charge in [-0.15, -0.1) is 0 Å². The lowest BCUT2D eigenvalue weighted by Gasteiger charge is -2.15. The Morgan fingerprint density at radius 2 is 1.91 bits per heavy atom. The van der Waals surface area contributed by atoms with Crippen molar-refractivity contribution in [1.82, 2.24) is 14.9 Å². The highest BCUT2D eigenvalue weighted by atomic mass is 16.1. The van der Waals surface area contributed by atoms with Crippen molar-refractivity contribution in [1.29, 1.82) is 0 Å². The van der Waals surface area contributed by atoms with E-state index in [2.05, 4.69) is 9.88 Å². The third kappa shape index (κ3) is 4.41. The van der Waals surface area contributed by atoms with Crippen LogP contribution in [0.3, 0.4) is 0 Å². The molecule has 0 spiro atoms. The zero-order chi connectivity index (χ0) is 16.8. The SMILES string of the molecule is CC(=O)NCCCCCc1nc2ccccc2n1C(C)C(C)=O. The quantitative estimate of drug-likeness (QED) is 0.762. The number of nitrogens with one attached hydrogen (secondary N) is 1. The van der Waals surface area contributed by atoms with Gasteiger partial charge in [-0.3, -0.25) is 9.59 Å². The van der Waals surface area contributed by atoms with Crippen LogP contribution in [0.4, 0.5) is 0 Å². The van der Waals surface area contributed by atoms with E-state index in [1.165, 1.54) is 6.92 Å². The van der Waals surface area contributed by atoms with Crippen molar-refractivity contribution >= 4 is 22.7 Å². The van der Waals surface area contributed by atoms with Gasteiger partial charge in [-0.25, -0.2) is 4.98 Å². The first-order chi connectivity index (χ1) is 11.0. The average molecular weight is 315 g/mol. The van der Waals surface area contributed by atoms with Crippen LogP contribution in [0.1, 0.15) is 51.9 Å². The number of hydrogen-bond donors (Lipinski definition) is 1. The molecule has 0 bridgehead atoms. The van der Waals surface area contributed by atoms with Crippen molar-refractivity contribution < 1.29 is 9.59 Å². The fraction of sp³-hybridized carbons (Fsp3) is 0.500. The molecule has 1 amide bonds. The van der Waals surface area contributed by atoms with Gasteiger partial charge in [-0.05, 0) is 38.8 Å². The van der Waals surface area contributed by atoms with Crippen molar-refractivity contribution in [2.75, 3.05) is 6.54 Å². The largest absolute Gasteiger partial charge is 0.356 e. The summed E-state index contributed by atoms with van der Waals surface area (Å²) >= 11 is 0. The molecule has 0 aliphatic rings. The summed E-state index contributed by atoms with van der Waals surface area (Å²) in [7, 11) is 0. The van der Waals surface area contributed by atoms with E-state index in [1.54, 1.807) is 6.92 Å². The Labute approximate surface area is 137 Å². The van der Waals surface area contributed by atoms with E-state index in [0.29, 0.717) is 0 Å². The third-order valence-electron chi connectivity index (χ3n) is 4.10. The minimum atomic E-state index is -0.197. The van der Waals surface area contributed by atoms with Gasteiger partial charge in [0, 0.05) is 19.9 Å². The van der Waals surface area contributed by atoms with Crippen LogP contribution in [0.2, 0.25) is 0 Å². The molecular formula is C18H25N3O2. The molecule has 2 rings (SSSR count). The first kappa shape index (κ1) is 17.2. The van der Waals surface area contributed by atoms with E-state index >= 15 is 0 Å². The first-order valence-electron chi connectivity index (χ1n) is 8.21. The number of imidazole rings is 1. The molecule has 5 heteroatoms. The van der Waals surface area contributed by atoms with Crippen molar-refractivity contribution in [3.8, 4) is 0 Å². The summed E-state index contributed by atoms with van der Waals surface area (Å²) in [6, 6.07) is 7.75. The number of fused-ring (bicyclic) bond motifs is 1. The van der Waals surface area contributed by atoms with Crippen LogP contribution in [0, 0.1) is 0 Å². The summed E-state index contributed by atoms with van der Waals surface area (Å²) in [5.41, 5.74) is 1.96. The molecule has 1 atom stereocenters. The van der Waals surface area contributed by atoms with E-state index in [4.69, 9.17) is 4.98 Å². The van der Waals surface area contributed by atoms with Gasteiger partial charge in [0.2, 0.25) is 5.91 Å². The Kier molecular flexibility index (Phi) is 5.90. The number of benzene rings is 1. The van der Waals surface area contributed by atoms with E-state index in [-0.39, 0.29) is 17.7 Å². The summed E-state index contributed by atoms with van der Waals surface area (Å²) in [6.07, 6.45) is 3.82. The van der Waals surface area contributed by atoms with Crippen LogP contribution in [0.25, 0.3) is 11.0 Å². The number of nitrogens with zero attached hydrogens (tertiary/aromatic N) is 2. The van der Waals surface area contributed by atoms with Crippen LogP contribution in [0.5, 0.6) is 0 Å². The van der Waals surface area contributed by atoms with Crippen molar-refractivity contribution in [2.24, 2.45) is 0 Å². The lowest BCUT2D eigenvalue weighted by Crippen LogP contribution is -2.20. The average Bonchev–Trinajstić information content (AvgIpc) is 2.87. The monoisotopic (exact) mass is 315 g/mol. The van der Waals surface area contributed by atoms with E-state index in [0.717, 1.165) is 49.1 Å². The maximum absolute atomic E-state index is 11.8. The number of para-hydroxylation sites is 2. The zero-order valence-electron chi connectivity index (χ0n) is 14.1. The lowest BCUT2D eigenvalue weighted by molar-refractivity contribution is -0.120. The summed E-state index contributed by atoms with van der Waals surface area (Å²) in [5.74, 6) is 1.12. The fourth-order valence-electron chi connectivity index (χ4n) is 2.73. The summed E-state index contributed by atoms with van der Waals surface area (Å²) in [4.78, 5) is 27.4. The van der Waals surface area contributed by atoms with Gasteiger partial charge >= 0.3 is 0 Å². The Morgan fingerprint density at radius 3 is 2.61 bits per heavy atom. The van der Waals surface area contributed by atoms with Crippen LogP contribution in [0.15, 0.2) is 24.3 Å². The minimum absolute atomic E-state index is 0.0158. The van der Waals surface area contributed by atoms with E-state index in [1.807, 2.05) is 31.2 Å². The molecule has 5 nitrogen and oxygen atoms in total. The smallest absolute Gasteiger partial charge is 0.216 e. The molecule has 23 heavy (non-hydrogen) atoms. The van der Waals surface area contributed by atoms with Gasteiger partial charge in [-0.1, -0.05) is 18.6 Å². The van der Waals surface area contributed by atoms with Crippen LogP contribution < -0.4 is 5.32 Å². The molecule has 0 radical (unpaired) electrons. The number of carbonyl (C=O) groups excluding carboxylic acids is 2. The molecule has 1 aromatic carbocycles. The normalized spacial score (nSPS) is 12.3. The first-order valence-corrected chi connectivity index (χ1v) is 8.21. The molecule has 124 valence electrons. The van der Waals surface area contributed by atoms with Crippen LogP contribution >= 0.6 is 0 Å². The van der Waals surface area contributed by atoms with E-state index < -0.39 is 0 Å². The second-order valence-corrected chi connectivity index (χ2v) is 5.97. The van der Waals surface area contributed by atoms with Gasteiger partial charge < -0.3 is 9.88 Å². The van der Waals surface area contributed by atoms with Crippen molar-refractivity contribution in [3.05, 3.63) is 30.1 Å². The summed E-state index contributed by atoms with van der Waals surface area (Å²) < 4.78 is 2.06. The van der Waals surface area contributed by atoms with Crippen molar-refractivity contribution in [2.45, 2.75) is 52.5 Å². The lowest BCUT2D eigenvalue weighted by atomic mass is 10.1. The second kappa shape index (κ2) is 7.90. The second-order valence-electron chi connectivity index (χ2n) is 5.97. The predicted octanol–water partition coefficient (Wildman–Crippen LogP) is 3.04. The molecule has 0 saturated heterocycles. The number of amides is 1. The van der Waals surface area contributed by atoms with Gasteiger partial charge in [0.25, 0.3) is 0 Å². The number of Topliss-reactive ketones (excluding diaryl/α,β-unsaturated/α-hetero) is 1. The molecule has 0 aliphatic heterocycles. The molecule has 1 aromatic heterocycles. The van der Waals surface area contributed by atoms with Crippen LogP contribution in [-0.4, -0.2) is 27.8 Å². The zero-order valence-corrected chi connectivity index (χ0v) is 14.1. The summed E-state index contributed by atoms with van der Waals surface area (Å²) in [5, 5.41) is 2.81. The molecule has 1 heterocycles. The number of unbranched alkanes of at least 4 members (excludes halogenated alkanes) is 2. The number of hydrogen-bond acceptors (Lipinski definition) is 3. The number of carbonyl (C=O) groups is 2. The topological polar surface area (TPSA) is 64.0 Å². The molecule has 1 unspecified atom stereocenters. The highest BCUT2D eigenvalue weighted by molar-refractivity contribution is 5.83.